The SMILES string of the molecule is C/C=C(\C=C/CC)N1C(=O)C=CC1=O.CC. The van der Waals surface area contributed by atoms with Crippen molar-refractivity contribution in [3.8, 4) is 0 Å². The van der Waals surface area contributed by atoms with E-state index < -0.39 is 0 Å². The maximum Gasteiger partial charge on any atom is 0.258 e. The van der Waals surface area contributed by atoms with Crippen LogP contribution in [0.25, 0.3) is 0 Å². The molecule has 0 aliphatic carbocycles. The molecule has 2 amide bonds. The maximum atomic E-state index is 11.3. The number of carbonyl (C=O) groups excluding carboxylic acids is 2. The predicted molar refractivity (Wildman–Crippen MR) is 65.5 cm³/mol. The fraction of sp³-hybridized carbons (Fsp3) is 0.385. The standard InChI is InChI=1S/C11H13NO2.C2H6/c1-3-5-6-9(4-2)12-10(13)7-8-11(12)14;1-2/h4-8H,3H2,1-2H3;1-2H3/b6-5-,9-4+;. The van der Waals surface area contributed by atoms with E-state index >= 15 is 0 Å². The van der Waals surface area contributed by atoms with Crippen LogP contribution >= 0.6 is 0 Å². The fourth-order valence-electron chi connectivity index (χ4n) is 1.19. The third-order valence-corrected chi connectivity index (χ3v) is 1.89. The number of hydrogen-bond donors (Lipinski definition) is 0. The van der Waals surface area contributed by atoms with Crippen molar-refractivity contribution in [1.82, 2.24) is 4.90 Å². The summed E-state index contributed by atoms with van der Waals surface area (Å²) in [5.41, 5.74) is 0.631. The second kappa shape index (κ2) is 7.63. The molecule has 0 unspecified atom stereocenters. The zero-order valence-electron chi connectivity index (χ0n) is 10.4. The topological polar surface area (TPSA) is 37.4 Å². The normalized spacial score (nSPS) is 15.8. The number of carbonyl (C=O) groups is 2. The zero-order chi connectivity index (χ0) is 12.6. The molecule has 0 spiro atoms. The van der Waals surface area contributed by atoms with Crippen molar-refractivity contribution in [2.45, 2.75) is 34.1 Å². The Balaban J connectivity index is 0.00000106. The molecule has 0 fully saturated rings. The van der Waals surface area contributed by atoms with Gasteiger partial charge in [-0.05, 0) is 19.4 Å². The van der Waals surface area contributed by atoms with Gasteiger partial charge in [-0.15, -0.1) is 0 Å². The average molecular weight is 221 g/mol. The lowest BCUT2D eigenvalue weighted by molar-refractivity contribution is -0.134. The van der Waals surface area contributed by atoms with Crippen LogP contribution in [-0.2, 0) is 9.59 Å². The van der Waals surface area contributed by atoms with Gasteiger partial charge in [-0.25, -0.2) is 4.90 Å². The second-order valence-electron chi connectivity index (χ2n) is 2.87. The van der Waals surface area contributed by atoms with Gasteiger partial charge in [-0.2, -0.15) is 0 Å². The molecule has 0 saturated carbocycles. The van der Waals surface area contributed by atoms with Gasteiger partial charge in [0.25, 0.3) is 11.8 Å². The molecule has 16 heavy (non-hydrogen) atoms. The van der Waals surface area contributed by atoms with Crippen molar-refractivity contribution in [1.29, 1.82) is 0 Å². The smallest absolute Gasteiger partial charge is 0.258 e. The van der Waals surface area contributed by atoms with Crippen LogP contribution in [0, 0.1) is 0 Å². The lowest BCUT2D eigenvalue weighted by Crippen LogP contribution is -2.28. The van der Waals surface area contributed by atoms with E-state index in [1.54, 1.807) is 19.1 Å². The van der Waals surface area contributed by atoms with Crippen molar-refractivity contribution in [3.63, 3.8) is 0 Å². The molecule has 0 N–H and O–H groups in total. The van der Waals surface area contributed by atoms with Crippen molar-refractivity contribution < 1.29 is 9.59 Å². The van der Waals surface area contributed by atoms with Crippen LogP contribution in [0.15, 0.2) is 36.1 Å². The molecule has 0 bridgehead atoms. The minimum atomic E-state index is -0.274. The lowest BCUT2D eigenvalue weighted by atomic mass is 10.3. The minimum Gasteiger partial charge on any atom is -0.269 e. The Morgan fingerprint density at radius 3 is 2.12 bits per heavy atom. The van der Waals surface area contributed by atoms with Gasteiger partial charge in [0.05, 0.1) is 0 Å². The van der Waals surface area contributed by atoms with E-state index in [-0.39, 0.29) is 11.8 Å². The third-order valence-electron chi connectivity index (χ3n) is 1.89. The summed E-state index contributed by atoms with van der Waals surface area (Å²) in [4.78, 5) is 23.7. The molecular weight excluding hydrogens is 202 g/mol. The second-order valence-corrected chi connectivity index (χ2v) is 2.87. The first-order valence-electron chi connectivity index (χ1n) is 5.59. The highest BCUT2D eigenvalue weighted by Crippen LogP contribution is 2.13. The Bertz CT molecular complexity index is 320. The molecular formula is C13H19NO2. The number of rotatable bonds is 3. The van der Waals surface area contributed by atoms with Crippen molar-refractivity contribution in [2.75, 3.05) is 0 Å². The van der Waals surface area contributed by atoms with Gasteiger partial charge in [0.1, 0.15) is 0 Å². The number of amides is 2. The molecule has 0 aromatic carbocycles. The highest BCUT2D eigenvalue weighted by Gasteiger charge is 2.24. The van der Waals surface area contributed by atoms with Gasteiger partial charge >= 0.3 is 0 Å². The summed E-state index contributed by atoms with van der Waals surface area (Å²) in [7, 11) is 0. The molecule has 1 aliphatic heterocycles. The van der Waals surface area contributed by atoms with E-state index in [0.29, 0.717) is 5.70 Å². The van der Waals surface area contributed by atoms with Gasteiger partial charge in [0, 0.05) is 17.8 Å². The summed E-state index contributed by atoms with van der Waals surface area (Å²) in [6.45, 7) is 7.80. The predicted octanol–water partition coefficient (Wildman–Crippen LogP) is 2.81. The number of hydrogen-bond acceptors (Lipinski definition) is 2. The Labute approximate surface area is 97.1 Å². The fourth-order valence-corrected chi connectivity index (χ4v) is 1.19. The summed E-state index contributed by atoms with van der Waals surface area (Å²) in [5, 5.41) is 0. The Morgan fingerprint density at radius 1 is 1.25 bits per heavy atom. The van der Waals surface area contributed by atoms with E-state index in [0.717, 1.165) is 11.3 Å². The number of imide groups is 1. The molecule has 0 saturated heterocycles. The van der Waals surface area contributed by atoms with Crippen LogP contribution in [0.2, 0.25) is 0 Å². The van der Waals surface area contributed by atoms with Gasteiger partial charge in [0.2, 0.25) is 0 Å². The molecule has 1 rings (SSSR count). The van der Waals surface area contributed by atoms with Crippen LogP contribution in [-0.4, -0.2) is 16.7 Å². The Morgan fingerprint density at radius 2 is 1.75 bits per heavy atom. The molecule has 0 aromatic rings. The summed E-state index contributed by atoms with van der Waals surface area (Å²) < 4.78 is 0. The molecule has 0 radical (unpaired) electrons. The highest BCUT2D eigenvalue weighted by molar-refractivity contribution is 6.14. The lowest BCUT2D eigenvalue weighted by Gasteiger charge is -2.14. The third kappa shape index (κ3) is 3.50. The molecule has 3 nitrogen and oxygen atoms in total. The van der Waals surface area contributed by atoms with Crippen LogP contribution < -0.4 is 0 Å². The first-order chi connectivity index (χ1) is 7.70. The monoisotopic (exact) mass is 221 g/mol. The largest absolute Gasteiger partial charge is 0.269 e. The summed E-state index contributed by atoms with van der Waals surface area (Å²) in [6, 6.07) is 0. The van der Waals surface area contributed by atoms with Crippen LogP contribution in [0.5, 0.6) is 0 Å². The van der Waals surface area contributed by atoms with Gasteiger partial charge in [-0.3, -0.25) is 9.59 Å². The molecule has 0 atom stereocenters. The Hall–Kier alpha value is -1.64. The van der Waals surface area contributed by atoms with Crippen LogP contribution in [0.3, 0.4) is 0 Å². The highest BCUT2D eigenvalue weighted by atomic mass is 16.2. The zero-order valence-corrected chi connectivity index (χ0v) is 10.4. The van der Waals surface area contributed by atoms with Crippen LogP contribution in [0.1, 0.15) is 34.1 Å². The minimum absolute atomic E-state index is 0.274. The number of nitrogens with zero attached hydrogens (tertiary/aromatic N) is 1. The molecule has 0 aromatic heterocycles. The van der Waals surface area contributed by atoms with E-state index in [1.807, 2.05) is 26.8 Å². The maximum absolute atomic E-state index is 11.3. The van der Waals surface area contributed by atoms with Crippen LogP contribution in [0.4, 0.5) is 0 Å². The molecule has 1 aliphatic rings. The molecule has 1 heterocycles. The van der Waals surface area contributed by atoms with Gasteiger partial charge in [0.15, 0.2) is 0 Å². The van der Waals surface area contributed by atoms with E-state index in [9.17, 15) is 9.59 Å². The van der Waals surface area contributed by atoms with E-state index in [1.165, 1.54) is 12.2 Å². The van der Waals surface area contributed by atoms with E-state index in [2.05, 4.69) is 0 Å². The van der Waals surface area contributed by atoms with E-state index in [4.69, 9.17) is 0 Å². The first kappa shape index (κ1) is 14.4. The Kier molecular flexibility index (Phi) is 6.84. The summed E-state index contributed by atoms with van der Waals surface area (Å²) in [6.07, 6.45) is 8.88. The quantitative estimate of drug-likeness (QED) is 0.543. The molecule has 88 valence electrons. The first-order valence-corrected chi connectivity index (χ1v) is 5.59. The summed E-state index contributed by atoms with van der Waals surface area (Å²) >= 11 is 0. The van der Waals surface area contributed by atoms with Gasteiger partial charge in [-0.1, -0.05) is 32.9 Å². The average Bonchev–Trinajstić information content (AvgIpc) is 2.64. The summed E-state index contributed by atoms with van der Waals surface area (Å²) in [5.74, 6) is -0.548. The number of allylic oxidation sites excluding steroid dienone is 3. The van der Waals surface area contributed by atoms with Crippen molar-refractivity contribution in [2.24, 2.45) is 0 Å². The van der Waals surface area contributed by atoms with Gasteiger partial charge < -0.3 is 0 Å². The molecule has 3 heteroatoms. The van der Waals surface area contributed by atoms with Crippen molar-refractivity contribution >= 4 is 11.8 Å². The van der Waals surface area contributed by atoms with Crippen molar-refractivity contribution in [3.05, 3.63) is 36.1 Å².